The maximum Gasteiger partial charge on any atom is 0.186 e. The summed E-state index contributed by atoms with van der Waals surface area (Å²) in [4.78, 5) is 11.7. The van der Waals surface area contributed by atoms with Gasteiger partial charge in [-0.1, -0.05) is 23.2 Å². The number of rotatable bonds is 2. The van der Waals surface area contributed by atoms with E-state index in [1.54, 1.807) is 18.2 Å². The molecule has 0 spiro atoms. The van der Waals surface area contributed by atoms with E-state index in [0.29, 0.717) is 10.6 Å². The fourth-order valence-electron chi connectivity index (χ4n) is 1.20. The van der Waals surface area contributed by atoms with Gasteiger partial charge in [0, 0.05) is 10.6 Å². The Bertz CT molecular complexity index is 387. The third-order valence-electron chi connectivity index (χ3n) is 1.88. The molecule has 1 aromatic carbocycles. The van der Waals surface area contributed by atoms with Crippen molar-refractivity contribution in [2.45, 2.75) is 20.8 Å². The van der Waals surface area contributed by atoms with Gasteiger partial charge in [0.15, 0.2) is 5.78 Å². The highest BCUT2D eigenvalue weighted by molar-refractivity contribution is 6.31. The Morgan fingerprint density at radius 1 is 1.36 bits per heavy atom. The van der Waals surface area contributed by atoms with E-state index < -0.39 is 0 Å². The zero-order chi connectivity index (χ0) is 10.7. The molecule has 0 unspecified atom stereocenters. The quantitative estimate of drug-likeness (QED) is 0.534. The standard InChI is InChI=1S/C12H13ClO/c1-8(2)6-12(14)11-7-10(13)5-4-9(11)3/h4-7H,1-3H3. The highest BCUT2D eigenvalue weighted by Gasteiger charge is 2.06. The SMILES string of the molecule is CC(C)=CC(=O)c1cc(Cl)ccc1C. The average molecular weight is 209 g/mol. The van der Waals surface area contributed by atoms with Crippen LogP contribution in [0.4, 0.5) is 0 Å². The van der Waals surface area contributed by atoms with Crippen LogP contribution in [0.3, 0.4) is 0 Å². The molecular weight excluding hydrogens is 196 g/mol. The lowest BCUT2D eigenvalue weighted by atomic mass is 10.0. The van der Waals surface area contributed by atoms with Crippen LogP contribution in [0, 0.1) is 6.92 Å². The Balaban J connectivity index is 3.12. The highest BCUT2D eigenvalue weighted by atomic mass is 35.5. The summed E-state index contributed by atoms with van der Waals surface area (Å²) in [5.74, 6) is 0.0185. The van der Waals surface area contributed by atoms with Crippen molar-refractivity contribution in [3.05, 3.63) is 46.0 Å². The maximum atomic E-state index is 11.7. The Morgan fingerprint density at radius 2 is 2.00 bits per heavy atom. The van der Waals surface area contributed by atoms with Gasteiger partial charge in [-0.2, -0.15) is 0 Å². The third-order valence-corrected chi connectivity index (χ3v) is 2.12. The zero-order valence-corrected chi connectivity index (χ0v) is 9.35. The lowest BCUT2D eigenvalue weighted by Crippen LogP contribution is -1.98. The van der Waals surface area contributed by atoms with Crippen LogP contribution in [-0.4, -0.2) is 5.78 Å². The minimum absolute atomic E-state index is 0.0185. The Labute approximate surface area is 89.4 Å². The van der Waals surface area contributed by atoms with Gasteiger partial charge in [0.2, 0.25) is 0 Å². The van der Waals surface area contributed by atoms with E-state index in [-0.39, 0.29) is 5.78 Å². The van der Waals surface area contributed by atoms with E-state index in [1.807, 2.05) is 26.8 Å². The van der Waals surface area contributed by atoms with Crippen molar-refractivity contribution >= 4 is 17.4 Å². The van der Waals surface area contributed by atoms with E-state index in [2.05, 4.69) is 0 Å². The average Bonchev–Trinajstić information content (AvgIpc) is 2.08. The van der Waals surface area contributed by atoms with Gasteiger partial charge in [0.1, 0.15) is 0 Å². The summed E-state index contributed by atoms with van der Waals surface area (Å²) in [5.41, 5.74) is 2.63. The van der Waals surface area contributed by atoms with Gasteiger partial charge < -0.3 is 0 Å². The second kappa shape index (κ2) is 4.43. The molecule has 0 saturated carbocycles. The third kappa shape index (κ3) is 2.71. The summed E-state index contributed by atoms with van der Waals surface area (Å²) in [7, 11) is 0. The van der Waals surface area contributed by atoms with Gasteiger partial charge >= 0.3 is 0 Å². The first-order chi connectivity index (χ1) is 6.50. The van der Waals surface area contributed by atoms with E-state index in [4.69, 9.17) is 11.6 Å². The van der Waals surface area contributed by atoms with Gasteiger partial charge in [0.25, 0.3) is 0 Å². The topological polar surface area (TPSA) is 17.1 Å². The first-order valence-electron chi connectivity index (χ1n) is 4.46. The number of halogens is 1. The molecule has 0 fully saturated rings. The molecule has 2 heteroatoms. The number of hydrogen-bond donors (Lipinski definition) is 0. The molecule has 0 atom stereocenters. The van der Waals surface area contributed by atoms with Gasteiger partial charge in [-0.25, -0.2) is 0 Å². The summed E-state index contributed by atoms with van der Waals surface area (Å²) < 4.78 is 0. The van der Waals surface area contributed by atoms with Crippen LogP contribution in [0.5, 0.6) is 0 Å². The summed E-state index contributed by atoms with van der Waals surface area (Å²) >= 11 is 5.82. The Kier molecular flexibility index (Phi) is 3.48. The normalized spacial score (nSPS) is 9.71. The first-order valence-corrected chi connectivity index (χ1v) is 4.84. The van der Waals surface area contributed by atoms with Crippen molar-refractivity contribution in [3.63, 3.8) is 0 Å². The molecule has 1 rings (SSSR count). The summed E-state index contributed by atoms with van der Waals surface area (Å²) in [5, 5.41) is 0.598. The summed E-state index contributed by atoms with van der Waals surface area (Å²) in [6.45, 7) is 5.71. The van der Waals surface area contributed by atoms with E-state index in [9.17, 15) is 4.79 Å². The number of ketones is 1. The van der Waals surface area contributed by atoms with Gasteiger partial charge in [-0.3, -0.25) is 4.79 Å². The molecular formula is C12H13ClO. The number of allylic oxidation sites excluding steroid dienone is 2. The monoisotopic (exact) mass is 208 g/mol. The van der Waals surface area contributed by atoms with E-state index in [1.165, 1.54) is 0 Å². The molecule has 74 valence electrons. The molecule has 1 aromatic rings. The number of carbonyl (C=O) groups is 1. The second-order valence-corrected chi connectivity index (χ2v) is 3.98. The molecule has 0 heterocycles. The number of aryl methyl sites for hydroxylation is 1. The molecule has 0 bridgehead atoms. The molecule has 14 heavy (non-hydrogen) atoms. The van der Waals surface area contributed by atoms with Crippen molar-refractivity contribution in [1.82, 2.24) is 0 Å². The summed E-state index contributed by atoms with van der Waals surface area (Å²) in [6, 6.07) is 5.35. The largest absolute Gasteiger partial charge is 0.289 e. The molecule has 0 N–H and O–H groups in total. The lowest BCUT2D eigenvalue weighted by Gasteiger charge is -2.02. The van der Waals surface area contributed by atoms with Crippen molar-refractivity contribution < 1.29 is 4.79 Å². The predicted octanol–water partition coefficient (Wildman–Crippen LogP) is 3.80. The fraction of sp³-hybridized carbons (Fsp3) is 0.250. The smallest absolute Gasteiger partial charge is 0.186 e. The molecule has 0 aliphatic rings. The van der Waals surface area contributed by atoms with Crippen LogP contribution >= 0.6 is 11.6 Å². The Morgan fingerprint density at radius 3 is 2.57 bits per heavy atom. The minimum atomic E-state index is 0.0185. The number of carbonyl (C=O) groups excluding carboxylic acids is 1. The molecule has 0 aliphatic carbocycles. The van der Waals surface area contributed by atoms with Crippen LogP contribution in [0.15, 0.2) is 29.8 Å². The van der Waals surface area contributed by atoms with Crippen LogP contribution in [0.25, 0.3) is 0 Å². The van der Waals surface area contributed by atoms with Gasteiger partial charge in [-0.15, -0.1) is 0 Å². The highest BCUT2D eigenvalue weighted by Crippen LogP contribution is 2.16. The zero-order valence-electron chi connectivity index (χ0n) is 8.60. The molecule has 0 radical (unpaired) electrons. The molecule has 0 saturated heterocycles. The molecule has 0 aromatic heterocycles. The van der Waals surface area contributed by atoms with Gasteiger partial charge in [-0.05, 0) is 44.5 Å². The first kappa shape index (κ1) is 11.0. The van der Waals surface area contributed by atoms with Crippen LogP contribution < -0.4 is 0 Å². The minimum Gasteiger partial charge on any atom is -0.289 e. The summed E-state index contributed by atoms with van der Waals surface area (Å²) in [6.07, 6.45) is 1.62. The van der Waals surface area contributed by atoms with Crippen molar-refractivity contribution in [1.29, 1.82) is 0 Å². The van der Waals surface area contributed by atoms with Crippen LogP contribution in [0.2, 0.25) is 5.02 Å². The van der Waals surface area contributed by atoms with Crippen molar-refractivity contribution in [2.75, 3.05) is 0 Å². The fourth-order valence-corrected chi connectivity index (χ4v) is 1.37. The second-order valence-electron chi connectivity index (χ2n) is 3.55. The van der Waals surface area contributed by atoms with Crippen LogP contribution in [-0.2, 0) is 0 Å². The molecule has 0 aliphatic heterocycles. The van der Waals surface area contributed by atoms with E-state index in [0.717, 1.165) is 11.1 Å². The number of hydrogen-bond acceptors (Lipinski definition) is 1. The maximum absolute atomic E-state index is 11.7. The van der Waals surface area contributed by atoms with Crippen LogP contribution in [0.1, 0.15) is 29.8 Å². The number of benzene rings is 1. The van der Waals surface area contributed by atoms with Crippen molar-refractivity contribution in [3.8, 4) is 0 Å². The predicted molar refractivity (Wildman–Crippen MR) is 60.0 cm³/mol. The molecule has 0 amide bonds. The van der Waals surface area contributed by atoms with E-state index >= 15 is 0 Å². The lowest BCUT2D eigenvalue weighted by molar-refractivity contribution is 0.104. The van der Waals surface area contributed by atoms with Crippen molar-refractivity contribution in [2.24, 2.45) is 0 Å². The Hall–Kier alpha value is -1.08. The molecule has 1 nitrogen and oxygen atoms in total. The van der Waals surface area contributed by atoms with Gasteiger partial charge in [0.05, 0.1) is 0 Å².